The molecular weight excluding hydrogens is 327 g/mol. The van der Waals surface area contributed by atoms with Crippen molar-refractivity contribution < 1.29 is 27.8 Å². The van der Waals surface area contributed by atoms with E-state index in [0.717, 1.165) is 5.82 Å². The first-order chi connectivity index (χ1) is 11.4. The minimum absolute atomic E-state index is 0.113. The fraction of sp³-hybridized carbons (Fsp3) is 0.400. The molecule has 0 radical (unpaired) electrons. The molecule has 0 aliphatic heterocycles. The summed E-state index contributed by atoms with van der Waals surface area (Å²) in [4.78, 5) is 16.8. The minimum Gasteiger partial charge on any atom is -0.493 e. The quantitative estimate of drug-likeness (QED) is 0.843. The number of rotatable bonds is 5. The van der Waals surface area contributed by atoms with Gasteiger partial charge in [-0.05, 0) is 18.1 Å². The smallest absolute Gasteiger partial charge is 0.389 e. The van der Waals surface area contributed by atoms with E-state index >= 15 is 0 Å². The van der Waals surface area contributed by atoms with Crippen molar-refractivity contribution in [2.24, 2.45) is 0 Å². The number of methoxy groups -OCH3 is 1. The molecule has 0 aliphatic rings. The van der Waals surface area contributed by atoms with Crippen molar-refractivity contribution in [2.45, 2.75) is 32.4 Å². The highest BCUT2D eigenvalue weighted by Crippen LogP contribution is 2.26. The SMILES string of the molecule is CCc1nccn1-c1ncc(CCC(F)(F)F)cc1OC.O=CO. The van der Waals surface area contributed by atoms with Gasteiger partial charge in [0.25, 0.3) is 6.47 Å². The molecule has 132 valence electrons. The fourth-order valence-corrected chi connectivity index (χ4v) is 2.02. The van der Waals surface area contributed by atoms with Crippen LogP contribution in [0.25, 0.3) is 5.82 Å². The van der Waals surface area contributed by atoms with Crippen molar-refractivity contribution in [3.8, 4) is 11.6 Å². The molecule has 1 N–H and O–H groups in total. The van der Waals surface area contributed by atoms with Crippen LogP contribution in [0.2, 0.25) is 0 Å². The van der Waals surface area contributed by atoms with Crippen molar-refractivity contribution >= 4 is 6.47 Å². The Morgan fingerprint density at radius 2 is 2.04 bits per heavy atom. The number of alkyl halides is 3. The third kappa shape index (κ3) is 5.56. The summed E-state index contributed by atoms with van der Waals surface area (Å²) >= 11 is 0. The molecule has 2 aromatic heterocycles. The first-order valence-electron chi connectivity index (χ1n) is 7.06. The van der Waals surface area contributed by atoms with Crippen LogP contribution in [0.1, 0.15) is 24.7 Å². The summed E-state index contributed by atoms with van der Waals surface area (Å²) in [7, 11) is 1.47. The highest BCUT2D eigenvalue weighted by atomic mass is 19.4. The second-order valence-electron chi connectivity index (χ2n) is 4.66. The van der Waals surface area contributed by atoms with E-state index in [-0.39, 0.29) is 12.9 Å². The number of carboxylic acid groups (broad SMARTS) is 1. The van der Waals surface area contributed by atoms with Crippen molar-refractivity contribution in [1.82, 2.24) is 14.5 Å². The van der Waals surface area contributed by atoms with Gasteiger partial charge >= 0.3 is 6.18 Å². The van der Waals surface area contributed by atoms with Gasteiger partial charge in [0.2, 0.25) is 0 Å². The number of hydrogen-bond donors (Lipinski definition) is 1. The van der Waals surface area contributed by atoms with Gasteiger partial charge in [0.05, 0.1) is 7.11 Å². The number of aryl methyl sites for hydroxylation is 2. The fourth-order valence-electron chi connectivity index (χ4n) is 2.02. The van der Waals surface area contributed by atoms with E-state index in [1.165, 1.54) is 13.3 Å². The molecule has 0 aromatic carbocycles. The summed E-state index contributed by atoms with van der Waals surface area (Å²) in [5, 5.41) is 6.89. The first kappa shape index (κ1) is 19.5. The van der Waals surface area contributed by atoms with Gasteiger partial charge in [-0.25, -0.2) is 9.97 Å². The van der Waals surface area contributed by atoms with E-state index < -0.39 is 12.6 Å². The molecule has 0 saturated heterocycles. The number of ether oxygens (including phenoxy) is 1. The molecule has 0 saturated carbocycles. The van der Waals surface area contributed by atoms with Crippen molar-refractivity contribution in [1.29, 1.82) is 0 Å². The maximum absolute atomic E-state index is 12.3. The van der Waals surface area contributed by atoms with Crippen molar-refractivity contribution in [2.75, 3.05) is 7.11 Å². The zero-order chi connectivity index (χ0) is 18.2. The van der Waals surface area contributed by atoms with Gasteiger partial charge in [-0.1, -0.05) is 6.92 Å². The Labute approximate surface area is 136 Å². The zero-order valence-electron chi connectivity index (χ0n) is 13.2. The summed E-state index contributed by atoms with van der Waals surface area (Å²) in [6, 6.07) is 1.59. The monoisotopic (exact) mass is 345 g/mol. The van der Waals surface area contributed by atoms with E-state index in [9.17, 15) is 13.2 Å². The van der Waals surface area contributed by atoms with Gasteiger partial charge in [-0.3, -0.25) is 9.36 Å². The molecule has 2 rings (SSSR count). The highest BCUT2D eigenvalue weighted by molar-refractivity contribution is 5.43. The lowest BCUT2D eigenvalue weighted by molar-refractivity contribution is -0.134. The van der Waals surface area contributed by atoms with Crippen LogP contribution in [-0.4, -0.2) is 39.4 Å². The van der Waals surface area contributed by atoms with Gasteiger partial charge in [0, 0.05) is 31.4 Å². The zero-order valence-corrected chi connectivity index (χ0v) is 13.2. The Morgan fingerprint density at radius 1 is 1.38 bits per heavy atom. The number of imidazole rings is 1. The molecule has 2 heterocycles. The van der Waals surface area contributed by atoms with Gasteiger partial charge < -0.3 is 9.84 Å². The molecule has 0 atom stereocenters. The summed E-state index contributed by atoms with van der Waals surface area (Å²) in [6.45, 7) is 1.71. The lowest BCUT2D eigenvalue weighted by Gasteiger charge is -2.12. The largest absolute Gasteiger partial charge is 0.493 e. The molecule has 0 spiro atoms. The van der Waals surface area contributed by atoms with E-state index in [4.69, 9.17) is 14.6 Å². The number of carbonyl (C=O) groups is 1. The number of nitrogens with zero attached hydrogens (tertiary/aromatic N) is 3. The average Bonchev–Trinajstić information content (AvgIpc) is 3.01. The number of hydrogen-bond acceptors (Lipinski definition) is 4. The van der Waals surface area contributed by atoms with Crippen molar-refractivity contribution in [3.63, 3.8) is 0 Å². The number of halogens is 3. The molecule has 6 nitrogen and oxygen atoms in total. The van der Waals surface area contributed by atoms with Crippen LogP contribution in [0.5, 0.6) is 5.75 Å². The minimum atomic E-state index is -4.17. The maximum atomic E-state index is 12.3. The molecule has 0 aliphatic carbocycles. The molecule has 0 fully saturated rings. The van der Waals surface area contributed by atoms with Crippen LogP contribution in [-0.2, 0) is 17.6 Å². The van der Waals surface area contributed by atoms with E-state index in [1.54, 1.807) is 23.0 Å². The normalized spacial score (nSPS) is 10.7. The molecule has 0 bridgehead atoms. The topological polar surface area (TPSA) is 77.2 Å². The Hall–Kier alpha value is -2.58. The number of pyridine rings is 1. The summed E-state index contributed by atoms with van der Waals surface area (Å²) in [5.74, 6) is 1.77. The molecule has 24 heavy (non-hydrogen) atoms. The lowest BCUT2D eigenvalue weighted by Crippen LogP contribution is -2.09. The predicted molar refractivity (Wildman–Crippen MR) is 80.4 cm³/mol. The summed E-state index contributed by atoms with van der Waals surface area (Å²) < 4.78 is 43.8. The van der Waals surface area contributed by atoms with E-state index in [0.29, 0.717) is 23.6 Å². The second kappa shape index (κ2) is 8.90. The standard InChI is InChI=1S/C14H16F3N3O.CH2O2/c1-3-12-18-6-7-20(12)13-11(21-2)8-10(9-19-13)4-5-14(15,16)17;2-1-3/h6-9H,3-5H2,1-2H3;1H,(H,2,3). The Morgan fingerprint density at radius 3 is 2.58 bits per heavy atom. The van der Waals surface area contributed by atoms with E-state index in [2.05, 4.69) is 9.97 Å². The molecule has 2 aromatic rings. The second-order valence-corrected chi connectivity index (χ2v) is 4.66. The van der Waals surface area contributed by atoms with E-state index in [1.807, 2.05) is 6.92 Å². The summed E-state index contributed by atoms with van der Waals surface area (Å²) in [5.41, 5.74) is 0.492. The van der Waals surface area contributed by atoms with Gasteiger partial charge in [0.1, 0.15) is 5.82 Å². The lowest BCUT2D eigenvalue weighted by atomic mass is 10.1. The molecule has 0 unspecified atom stereocenters. The predicted octanol–water partition coefficient (Wildman–Crippen LogP) is 3.03. The Kier molecular flexibility index (Phi) is 7.22. The Bertz CT molecular complexity index is 657. The molecule has 0 amide bonds. The maximum Gasteiger partial charge on any atom is 0.389 e. The van der Waals surface area contributed by atoms with Crippen LogP contribution in [0.15, 0.2) is 24.7 Å². The van der Waals surface area contributed by atoms with Gasteiger partial charge in [-0.15, -0.1) is 0 Å². The Balaban J connectivity index is 0.000000891. The molecule has 9 heteroatoms. The molecular formula is C15H18F3N3O3. The van der Waals surface area contributed by atoms with Gasteiger partial charge in [0.15, 0.2) is 11.6 Å². The number of aromatic nitrogens is 3. The highest BCUT2D eigenvalue weighted by Gasteiger charge is 2.26. The average molecular weight is 345 g/mol. The third-order valence-electron chi connectivity index (χ3n) is 3.07. The van der Waals surface area contributed by atoms with Gasteiger partial charge in [-0.2, -0.15) is 13.2 Å². The first-order valence-corrected chi connectivity index (χ1v) is 7.06. The van der Waals surface area contributed by atoms with Crippen LogP contribution < -0.4 is 4.74 Å². The summed E-state index contributed by atoms with van der Waals surface area (Å²) in [6.07, 6.45) is 0.402. The van der Waals surface area contributed by atoms with Crippen LogP contribution in [0.3, 0.4) is 0 Å². The van der Waals surface area contributed by atoms with Crippen LogP contribution in [0.4, 0.5) is 13.2 Å². The van der Waals surface area contributed by atoms with Crippen LogP contribution in [0, 0.1) is 0 Å². The van der Waals surface area contributed by atoms with Crippen LogP contribution >= 0.6 is 0 Å². The van der Waals surface area contributed by atoms with Crippen molar-refractivity contribution in [3.05, 3.63) is 36.0 Å². The third-order valence-corrected chi connectivity index (χ3v) is 3.07.